The van der Waals surface area contributed by atoms with E-state index < -0.39 is 0 Å². The number of nitrogens with one attached hydrogen (secondary N) is 2. The fourth-order valence-electron chi connectivity index (χ4n) is 4.97. The van der Waals surface area contributed by atoms with E-state index in [2.05, 4.69) is 20.6 Å². The van der Waals surface area contributed by atoms with Crippen molar-refractivity contribution >= 4 is 41.0 Å². The molecule has 2 aromatic carbocycles. The van der Waals surface area contributed by atoms with Crippen LogP contribution in [-0.2, 0) is 4.74 Å². The minimum absolute atomic E-state index is 0.180. The van der Waals surface area contributed by atoms with Crippen LogP contribution in [0.15, 0.2) is 76.9 Å². The van der Waals surface area contributed by atoms with Crippen LogP contribution in [-0.4, -0.2) is 55.1 Å². The molecule has 2 amide bonds. The zero-order chi connectivity index (χ0) is 25.4. The summed E-state index contributed by atoms with van der Waals surface area (Å²) in [4.78, 5) is 15.8. The topological polar surface area (TPSA) is 78.4 Å². The number of dihydropyridines is 1. The summed E-state index contributed by atoms with van der Waals surface area (Å²) < 4.78 is 11.4. The molecule has 0 bridgehead atoms. The molecule has 2 aromatic rings. The van der Waals surface area contributed by atoms with Gasteiger partial charge in [0.1, 0.15) is 5.75 Å². The van der Waals surface area contributed by atoms with E-state index in [1.165, 1.54) is 5.01 Å². The third-order valence-corrected chi connectivity index (χ3v) is 7.58. The normalized spacial score (nSPS) is 20.8. The first-order valence-corrected chi connectivity index (χ1v) is 12.9. The van der Waals surface area contributed by atoms with Gasteiger partial charge in [-0.25, -0.2) is 4.79 Å². The van der Waals surface area contributed by atoms with Crippen LogP contribution in [0.25, 0.3) is 5.57 Å². The van der Waals surface area contributed by atoms with Crippen LogP contribution in [0.5, 0.6) is 5.75 Å². The standard InChI is InChI=1S/C27H25Cl2N5O3/c28-21-6-3-5-18(24(21)29)17-8-10-30-25-20(17)16-31-34(26(25)33-11-14-36-15-12-33)27(35)32-22-9-13-37-23-7-2-1-4-19(22)23/h1-8,10,16,22,30H,9,11-15H2,(H,32,35)/t22-/m0/s1. The smallest absolute Gasteiger partial charge is 0.344 e. The first-order valence-electron chi connectivity index (χ1n) is 12.2. The van der Waals surface area contributed by atoms with Crippen molar-refractivity contribution in [2.45, 2.75) is 12.5 Å². The van der Waals surface area contributed by atoms with Crippen molar-refractivity contribution in [3.05, 3.63) is 93.0 Å². The molecule has 0 spiro atoms. The molecule has 8 nitrogen and oxygen atoms in total. The van der Waals surface area contributed by atoms with Gasteiger partial charge in [-0.1, -0.05) is 53.5 Å². The first-order chi connectivity index (χ1) is 18.1. The number of nitrogens with zero attached hydrogens (tertiary/aromatic N) is 3. The van der Waals surface area contributed by atoms with Crippen LogP contribution in [0.4, 0.5) is 4.79 Å². The second-order valence-electron chi connectivity index (χ2n) is 8.94. The third kappa shape index (κ3) is 4.45. The number of carbonyl (C=O) groups excluding carboxylic acids is 1. The fraction of sp³-hybridized carbons (Fsp3) is 0.259. The molecule has 4 aliphatic rings. The Kier molecular flexibility index (Phi) is 6.54. The number of hydrogen-bond acceptors (Lipinski definition) is 6. The van der Waals surface area contributed by atoms with E-state index in [1.807, 2.05) is 48.7 Å². The van der Waals surface area contributed by atoms with Crippen molar-refractivity contribution in [2.24, 2.45) is 5.10 Å². The number of halogens is 2. The van der Waals surface area contributed by atoms with Gasteiger partial charge in [-0.05, 0) is 23.8 Å². The molecule has 0 aromatic heterocycles. The van der Waals surface area contributed by atoms with E-state index in [-0.39, 0.29) is 12.1 Å². The second-order valence-corrected chi connectivity index (χ2v) is 9.72. The summed E-state index contributed by atoms with van der Waals surface area (Å²) in [5, 5.41) is 13.5. The number of benzene rings is 2. The summed E-state index contributed by atoms with van der Waals surface area (Å²) in [6, 6.07) is 12.8. The van der Waals surface area contributed by atoms with E-state index in [9.17, 15) is 4.79 Å². The predicted octanol–water partition coefficient (Wildman–Crippen LogP) is 4.90. The lowest BCUT2D eigenvalue weighted by molar-refractivity contribution is 0.0397. The third-order valence-electron chi connectivity index (χ3n) is 6.76. The Morgan fingerprint density at radius 1 is 1.05 bits per heavy atom. The average molecular weight is 538 g/mol. The maximum atomic E-state index is 13.7. The molecule has 0 aliphatic carbocycles. The molecular weight excluding hydrogens is 513 g/mol. The van der Waals surface area contributed by atoms with Gasteiger partial charge in [0.25, 0.3) is 0 Å². The highest BCUT2D eigenvalue weighted by molar-refractivity contribution is 6.43. The van der Waals surface area contributed by atoms with Crippen LogP contribution >= 0.6 is 23.2 Å². The Labute approximate surface area is 224 Å². The molecule has 2 N–H and O–H groups in total. The number of ether oxygens (including phenoxy) is 2. The van der Waals surface area contributed by atoms with Crippen molar-refractivity contribution in [3.63, 3.8) is 0 Å². The molecule has 4 heterocycles. The lowest BCUT2D eigenvalue weighted by Crippen LogP contribution is -2.49. The number of carbonyl (C=O) groups is 1. The van der Waals surface area contributed by atoms with Gasteiger partial charge in [0.05, 0.1) is 47.8 Å². The Hall–Kier alpha value is -3.46. The number of amides is 2. The number of allylic oxidation sites excluding steroid dienone is 3. The van der Waals surface area contributed by atoms with Gasteiger partial charge in [-0.15, -0.1) is 0 Å². The summed E-state index contributed by atoms with van der Waals surface area (Å²) in [6.45, 7) is 2.91. The Morgan fingerprint density at radius 3 is 2.76 bits per heavy atom. The minimum atomic E-state index is -0.315. The molecule has 0 unspecified atom stereocenters. The van der Waals surface area contributed by atoms with E-state index in [1.54, 1.807) is 12.3 Å². The SMILES string of the molecule is O=C(N[C@H]1CCOc2ccccc21)N1N=CC2=C(c3cccc(Cl)c3Cl)C=CNC2=C1N1CCOCC1. The van der Waals surface area contributed by atoms with Crippen LogP contribution in [0, 0.1) is 0 Å². The van der Waals surface area contributed by atoms with E-state index >= 15 is 0 Å². The molecule has 4 aliphatic heterocycles. The highest BCUT2D eigenvalue weighted by Crippen LogP contribution is 2.38. The number of hydrazone groups is 1. The fourth-order valence-corrected chi connectivity index (χ4v) is 5.37. The summed E-state index contributed by atoms with van der Waals surface area (Å²) in [6.07, 6.45) is 6.15. The van der Waals surface area contributed by atoms with Crippen molar-refractivity contribution in [3.8, 4) is 5.75 Å². The first kappa shape index (κ1) is 23.9. The van der Waals surface area contributed by atoms with Crippen molar-refractivity contribution in [1.82, 2.24) is 20.5 Å². The Morgan fingerprint density at radius 2 is 1.89 bits per heavy atom. The average Bonchev–Trinajstić information content (AvgIpc) is 2.94. The van der Waals surface area contributed by atoms with Crippen molar-refractivity contribution in [1.29, 1.82) is 0 Å². The van der Waals surface area contributed by atoms with Gasteiger partial charge in [0.15, 0.2) is 5.82 Å². The highest BCUT2D eigenvalue weighted by atomic mass is 35.5. The number of morpholine rings is 1. The number of urea groups is 1. The molecule has 10 heteroatoms. The molecule has 1 fully saturated rings. The van der Waals surface area contributed by atoms with Gasteiger partial charge < -0.3 is 25.0 Å². The molecule has 6 rings (SSSR count). The van der Waals surface area contributed by atoms with E-state index in [0.717, 1.165) is 33.7 Å². The molecule has 0 saturated carbocycles. The van der Waals surface area contributed by atoms with Crippen molar-refractivity contribution < 1.29 is 14.3 Å². The van der Waals surface area contributed by atoms with Gasteiger partial charge in [0.2, 0.25) is 0 Å². The maximum absolute atomic E-state index is 13.7. The lowest BCUT2D eigenvalue weighted by Gasteiger charge is -2.39. The lowest BCUT2D eigenvalue weighted by atomic mass is 9.95. The van der Waals surface area contributed by atoms with Crippen LogP contribution in [0.3, 0.4) is 0 Å². The summed E-state index contributed by atoms with van der Waals surface area (Å²) in [7, 11) is 0. The molecule has 0 radical (unpaired) electrons. The summed E-state index contributed by atoms with van der Waals surface area (Å²) >= 11 is 12.9. The molecule has 190 valence electrons. The quantitative estimate of drug-likeness (QED) is 0.582. The zero-order valence-electron chi connectivity index (χ0n) is 19.9. The summed E-state index contributed by atoms with van der Waals surface area (Å²) in [5.41, 5.74) is 4.22. The largest absolute Gasteiger partial charge is 0.493 e. The minimum Gasteiger partial charge on any atom is -0.493 e. The van der Waals surface area contributed by atoms with Crippen LogP contribution in [0.1, 0.15) is 23.6 Å². The Bertz CT molecular complexity index is 1360. The van der Waals surface area contributed by atoms with Crippen molar-refractivity contribution in [2.75, 3.05) is 32.9 Å². The van der Waals surface area contributed by atoms with Gasteiger partial charge in [-0.3, -0.25) is 0 Å². The van der Waals surface area contributed by atoms with Gasteiger partial charge in [-0.2, -0.15) is 10.1 Å². The summed E-state index contributed by atoms with van der Waals surface area (Å²) in [5.74, 6) is 1.46. The van der Waals surface area contributed by atoms with Crippen LogP contribution < -0.4 is 15.4 Å². The number of rotatable bonds is 3. The zero-order valence-corrected chi connectivity index (χ0v) is 21.4. The van der Waals surface area contributed by atoms with E-state index in [4.69, 9.17) is 32.7 Å². The molecule has 37 heavy (non-hydrogen) atoms. The number of para-hydroxylation sites is 1. The monoisotopic (exact) mass is 537 g/mol. The number of fused-ring (bicyclic) bond motifs is 2. The maximum Gasteiger partial charge on any atom is 0.344 e. The molecule has 1 atom stereocenters. The second kappa shape index (κ2) is 10.1. The predicted molar refractivity (Wildman–Crippen MR) is 143 cm³/mol. The van der Waals surface area contributed by atoms with Gasteiger partial charge in [0, 0.05) is 42.4 Å². The highest BCUT2D eigenvalue weighted by Gasteiger charge is 2.35. The van der Waals surface area contributed by atoms with Gasteiger partial charge >= 0.3 is 6.03 Å². The van der Waals surface area contributed by atoms with E-state index in [0.29, 0.717) is 55.2 Å². The van der Waals surface area contributed by atoms with Crippen LogP contribution in [0.2, 0.25) is 10.0 Å². The molecule has 1 saturated heterocycles. The Balaban J connectivity index is 1.39. The number of hydrogen-bond donors (Lipinski definition) is 2. The molecular formula is C27H25Cl2N5O3.